The Morgan fingerprint density at radius 3 is 2.16 bits per heavy atom. The lowest BCUT2D eigenvalue weighted by molar-refractivity contribution is -0.133. The zero-order valence-electron chi connectivity index (χ0n) is 19.7. The number of carbonyl (C=O) groups excluding carboxylic acids is 1. The van der Waals surface area contributed by atoms with Crippen molar-refractivity contribution in [1.82, 2.24) is 14.0 Å². The molecule has 0 unspecified atom stereocenters. The molecule has 1 aliphatic rings. The molecule has 1 amide bonds. The lowest BCUT2D eigenvalue weighted by Gasteiger charge is -2.31. The van der Waals surface area contributed by atoms with Gasteiger partial charge in [-0.15, -0.1) is 0 Å². The van der Waals surface area contributed by atoms with Crippen LogP contribution < -0.4 is 21.9 Å². The van der Waals surface area contributed by atoms with Gasteiger partial charge in [-0.2, -0.15) is 0 Å². The van der Waals surface area contributed by atoms with Gasteiger partial charge in [0.15, 0.2) is 0 Å². The van der Waals surface area contributed by atoms with Gasteiger partial charge in [0, 0.05) is 32.7 Å². The Hall–Kier alpha value is -2.29. The highest BCUT2D eigenvalue weighted by atomic mass is 16.5. The molecule has 31 heavy (non-hydrogen) atoms. The minimum atomic E-state index is -0.518. The predicted octanol–water partition coefficient (Wildman–Crippen LogP) is 1.37. The number of hydrogen-bond acceptors (Lipinski definition) is 6. The van der Waals surface area contributed by atoms with Gasteiger partial charge >= 0.3 is 5.69 Å². The van der Waals surface area contributed by atoms with E-state index in [0.717, 1.165) is 17.4 Å². The van der Waals surface area contributed by atoms with Crippen LogP contribution in [-0.4, -0.2) is 59.3 Å². The van der Waals surface area contributed by atoms with E-state index in [9.17, 15) is 14.4 Å². The number of nitrogens with two attached hydrogens (primary N) is 1. The van der Waals surface area contributed by atoms with Crippen LogP contribution in [0, 0.1) is 11.8 Å². The second kappa shape index (κ2) is 11.4. The van der Waals surface area contributed by atoms with Crippen LogP contribution in [0.3, 0.4) is 0 Å². The Bertz CT molecular complexity index is 843. The van der Waals surface area contributed by atoms with Crippen molar-refractivity contribution in [2.24, 2.45) is 11.8 Å². The zero-order chi connectivity index (χ0) is 23.1. The number of nitrogen functional groups attached to an aromatic ring is 1. The van der Waals surface area contributed by atoms with E-state index in [1.165, 1.54) is 4.57 Å². The van der Waals surface area contributed by atoms with Gasteiger partial charge < -0.3 is 20.3 Å². The number of aromatic nitrogens is 2. The fourth-order valence-corrected chi connectivity index (χ4v) is 3.85. The van der Waals surface area contributed by atoms with Gasteiger partial charge in [-0.1, -0.05) is 41.0 Å². The predicted molar refractivity (Wildman–Crippen MR) is 124 cm³/mol. The lowest BCUT2D eigenvalue weighted by atomic mass is 10.1. The summed E-state index contributed by atoms with van der Waals surface area (Å²) in [4.78, 5) is 43.3. The molecule has 0 radical (unpaired) electrons. The number of amides is 1. The topological polar surface area (TPSA) is 103 Å². The normalized spacial score (nSPS) is 14.5. The summed E-state index contributed by atoms with van der Waals surface area (Å²) in [5, 5.41) is 0. The fraction of sp³-hybridized carbons (Fsp3) is 0.773. The third-order valence-corrected chi connectivity index (χ3v) is 5.32. The first kappa shape index (κ1) is 25.0. The molecule has 176 valence electrons. The van der Waals surface area contributed by atoms with Gasteiger partial charge in [-0.05, 0) is 18.3 Å². The molecule has 0 aromatic carbocycles. The van der Waals surface area contributed by atoms with E-state index >= 15 is 0 Å². The minimum Gasteiger partial charge on any atom is -0.383 e. The molecular weight excluding hydrogens is 398 g/mol. The van der Waals surface area contributed by atoms with E-state index in [-0.39, 0.29) is 30.1 Å². The third kappa shape index (κ3) is 6.35. The summed E-state index contributed by atoms with van der Waals surface area (Å²) in [6.45, 7) is 13.5. The molecule has 2 heterocycles. The summed E-state index contributed by atoms with van der Waals surface area (Å²) >= 11 is 0. The molecule has 2 rings (SSSR count). The smallest absolute Gasteiger partial charge is 0.333 e. The van der Waals surface area contributed by atoms with Crippen molar-refractivity contribution in [3.8, 4) is 0 Å². The second-order valence-electron chi connectivity index (χ2n) is 9.10. The molecule has 0 aliphatic carbocycles. The summed E-state index contributed by atoms with van der Waals surface area (Å²) in [5.41, 5.74) is 5.60. The van der Waals surface area contributed by atoms with E-state index in [1.807, 2.05) is 39.5 Å². The largest absolute Gasteiger partial charge is 0.383 e. The van der Waals surface area contributed by atoms with Crippen LogP contribution in [0.4, 0.5) is 11.5 Å². The van der Waals surface area contributed by atoms with Crippen LogP contribution >= 0.6 is 0 Å². The number of anilines is 2. The molecule has 9 nitrogen and oxygen atoms in total. The van der Waals surface area contributed by atoms with Gasteiger partial charge in [0.05, 0.1) is 13.2 Å². The van der Waals surface area contributed by atoms with Crippen LogP contribution in [0.25, 0.3) is 0 Å². The van der Waals surface area contributed by atoms with Crippen LogP contribution in [-0.2, 0) is 22.6 Å². The van der Waals surface area contributed by atoms with Gasteiger partial charge in [-0.3, -0.25) is 14.2 Å². The number of ether oxygens (including phenoxy) is 1. The maximum Gasteiger partial charge on any atom is 0.333 e. The standard InChI is InChI=1S/C22H39N5O4/c1-6-7-8-26-20(23)19(24-9-11-31-12-10-24)21(29)27(22(26)30)15-18(28)25(13-16(2)3)14-17(4)5/h16-17H,6-15,23H2,1-5H3. The first-order chi connectivity index (χ1) is 14.7. The maximum absolute atomic E-state index is 13.4. The van der Waals surface area contributed by atoms with Crippen LogP contribution in [0.15, 0.2) is 9.59 Å². The molecule has 0 spiro atoms. The molecular formula is C22H39N5O4. The molecule has 0 saturated carbocycles. The van der Waals surface area contributed by atoms with Crippen LogP contribution in [0.1, 0.15) is 47.5 Å². The van der Waals surface area contributed by atoms with Crippen LogP contribution in [0.2, 0.25) is 0 Å². The average molecular weight is 438 g/mol. The van der Waals surface area contributed by atoms with Crippen molar-refractivity contribution in [2.75, 3.05) is 50.0 Å². The zero-order valence-corrected chi connectivity index (χ0v) is 19.7. The molecule has 1 aromatic rings. The Morgan fingerprint density at radius 1 is 1.06 bits per heavy atom. The molecule has 1 fully saturated rings. The van der Waals surface area contributed by atoms with E-state index < -0.39 is 11.2 Å². The Balaban J connectivity index is 2.50. The van der Waals surface area contributed by atoms with Crippen LogP contribution in [0.5, 0.6) is 0 Å². The number of unbranched alkanes of at least 4 members (excludes halogenated alkanes) is 1. The second-order valence-corrected chi connectivity index (χ2v) is 9.10. The number of morpholine rings is 1. The van der Waals surface area contributed by atoms with Crippen molar-refractivity contribution in [2.45, 2.75) is 60.5 Å². The van der Waals surface area contributed by atoms with Gasteiger partial charge in [0.1, 0.15) is 18.1 Å². The summed E-state index contributed by atoms with van der Waals surface area (Å²) in [7, 11) is 0. The van der Waals surface area contributed by atoms with Crippen molar-refractivity contribution in [3.05, 3.63) is 20.8 Å². The molecule has 9 heteroatoms. The van der Waals surface area contributed by atoms with Gasteiger partial charge in [-0.25, -0.2) is 9.36 Å². The van der Waals surface area contributed by atoms with E-state index in [4.69, 9.17) is 10.5 Å². The Labute approximate surface area is 184 Å². The fourth-order valence-electron chi connectivity index (χ4n) is 3.85. The quantitative estimate of drug-likeness (QED) is 0.593. The number of carbonyl (C=O) groups is 1. The molecule has 2 N–H and O–H groups in total. The minimum absolute atomic E-state index is 0.176. The lowest BCUT2D eigenvalue weighted by Crippen LogP contribution is -2.50. The molecule has 1 aromatic heterocycles. The monoisotopic (exact) mass is 437 g/mol. The SMILES string of the molecule is CCCCn1c(N)c(N2CCOCC2)c(=O)n(CC(=O)N(CC(C)C)CC(C)C)c1=O. The first-order valence-corrected chi connectivity index (χ1v) is 11.4. The van der Waals surface area contributed by atoms with Crippen molar-refractivity contribution >= 4 is 17.4 Å². The highest BCUT2D eigenvalue weighted by Gasteiger charge is 2.26. The summed E-state index contributed by atoms with van der Waals surface area (Å²) in [6.07, 6.45) is 1.64. The van der Waals surface area contributed by atoms with Crippen molar-refractivity contribution in [3.63, 3.8) is 0 Å². The maximum atomic E-state index is 13.4. The van der Waals surface area contributed by atoms with E-state index in [2.05, 4.69) is 0 Å². The number of rotatable bonds is 10. The number of nitrogens with zero attached hydrogens (tertiary/aromatic N) is 4. The summed E-state index contributed by atoms with van der Waals surface area (Å²) in [5.74, 6) is 0.531. The van der Waals surface area contributed by atoms with Crippen molar-refractivity contribution in [1.29, 1.82) is 0 Å². The summed E-state index contributed by atoms with van der Waals surface area (Å²) in [6, 6.07) is 0. The first-order valence-electron chi connectivity index (χ1n) is 11.4. The molecule has 0 bridgehead atoms. The molecule has 1 saturated heterocycles. The van der Waals surface area contributed by atoms with Gasteiger partial charge in [0.25, 0.3) is 5.56 Å². The highest BCUT2D eigenvalue weighted by Crippen LogP contribution is 2.19. The molecule has 0 atom stereocenters. The number of hydrogen-bond donors (Lipinski definition) is 1. The molecule has 1 aliphatic heterocycles. The van der Waals surface area contributed by atoms with Crippen molar-refractivity contribution < 1.29 is 9.53 Å². The average Bonchev–Trinajstić information content (AvgIpc) is 2.70. The Morgan fingerprint density at radius 2 is 1.65 bits per heavy atom. The van der Waals surface area contributed by atoms with E-state index in [1.54, 1.807) is 4.90 Å². The highest BCUT2D eigenvalue weighted by molar-refractivity contribution is 5.76. The van der Waals surface area contributed by atoms with E-state index in [0.29, 0.717) is 51.6 Å². The Kier molecular flexibility index (Phi) is 9.15. The summed E-state index contributed by atoms with van der Waals surface area (Å²) < 4.78 is 7.90. The van der Waals surface area contributed by atoms with Gasteiger partial charge in [0.2, 0.25) is 5.91 Å². The third-order valence-electron chi connectivity index (χ3n) is 5.32.